The number of carbonyl (C=O) groups is 2. The molecule has 0 saturated carbocycles. The summed E-state index contributed by atoms with van der Waals surface area (Å²) in [6.07, 6.45) is 3.92. The van der Waals surface area contributed by atoms with Gasteiger partial charge in [-0.05, 0) is 63.0 Å². The molecule has 1 aliphatic carbocycles. The molecule has 9 heteroatoms. The molecular weight excluding hydrogens is 438 g/mol. The lowest BCUT2D eigenvalue weighted by atomic mass is 9.97. The maximum absolute atomic E-state index is 12.8. The Hall–Kier alpha value is -2.65. The second kappa shape index (κ2) is 12.0. The maximum Gasteiger partial charge on any atom is 0.348 e. The predicted molar refractivity (Wildman–Crippen MR) is 133 cm³/mol. The molecule has 1 aromatic carbocycles. The predicted octanol–water partition coefficient (Wildman–Crippen LogP) is 3.15. The van der Waals surface area contributed by atoms with Crippen molar-refractivity contribution >= 4 is 35.0 Å². The molecule has 1 heterocycles. The third kappa shape index (κ3) is 6.91. The molecule has 0 atom stereocenters. The first-order valence-corrected chi connectivity index (χ1v) is 12.5. The average Bonchev–Trinajstić information content (AvgIpc) is 2.80. The smallest absolute Gasteiger partial charge is 0.326 e. The maximum atomic E-state index is 12.8. The molecule has 0 radical (unpaired) electrons. The molecular formula is C24H33N5O3S. The van der Waals surface area contributed by atoms with Gasteiger partial charge in [-0.2, -0.15) is 4.98 Å². The summed E-state index contributed by atoms with van der Waals surface area (Å²) >= 11 is 1.33. The Balaban J connectivity index is 1.67. The van der Waals surface area contributed by atoms with Crippen LogP contribution in [0.15, 0.2) is 34.1 Å². The lowest BCUT2D eigenvalue weighted by Crippen LogP contribution is -2.35. The van der Waals surface area contributed by atoms with Crippen molar-refractivity contribution in [1.29, 1.82) is 0 Å². The van der Waals surface area contributed by atoms with Crippen molar-refractivity contribution in [2.75, 3.05) is 36.0 Å². The second-order valence-electron chi connectivity index (χ2n) is 8.11. The summed E-state index contributed by atoms with van der Waals surface area (Å²) in [6.45, 7) is 9.10. The van der Waals surface area contributed by atoms with Crippen molar-refractivity contribution in [2.24, 2.45) is 0 Å². The van der Waals surface area contributed by atoms with Crippen molar-refractivity contribution in [3.63, 3.8) is 0 Å². The summed E-state index contributed by atoms with van der Waals surface area (Å²) in [5, 5.41) is 6.23. The molecule has 0 saturated heterocycles. The van der Waals surface area contributed by atoms with Crippen LogP contribution in [-0.2, 0) is 29.0 Å². The Labute approximate surface area is 199 Å². The van der Waals surface area contributed by atoms with Crippen molar-refractivity contribution in [2.45, 2.75) is 58.0 Å². The molecule has 0 spiro atoms. The zero-order valence-electron chi connectivity index (χ0n) is 19.6. The Morgan fingerprint density at radius 2 is 1.70 bits per heavy atom. The number of hydrogen-bond acceptors (Lipinski definition) is 6. The van der Waals surface area contributed by atoms with E-state index in [0.717, 1.165) is 56.6 Å². The minimum atomic E-state index is -0.223. The molecule has 3 rings (SSSR count). The highest BCUT2D eigenvalue weighted by Gasteiger charge is 2.21. The van der Waals surface area contributed by atoms with Gasteiger partial charge in [0.15, 0.2) is 0 Å². The molecule has 0 unspecified atom stereocenters. The van der Waals surface area contributed by atoms with Gasteiger partial charge < -0.3 is 15.5 Å². The van der Waals surface area contributed by atoms with Gasteiger partial charge in [0, 0.05) is 42.6 Å². The standard InChI is InChI=1S/C24H33N5O3S/c1-4-28(5-2)14-15-29-21-9-7-6-8-20(21)23(27-24(29)32)33-16-22(31)26-19-12-10-18(11-13-19)25-17(3)30/h10-13H,4-9,14-16H2,1-3H3,(H,25,30)(H,26,31). The fourth-order valence-corrected chi connectivity index (χ4v) is 4.93. The van der Waals surface area contributed by atoms with E-state index in [1.54, 1.807) is 24.3 Å². The van der Waals surface area contributed by atoms with E-state index in [9.17, 15) is 14.4 Å². The molecule has 1 aromatic heterocycles. The first-order chi connectivity index (χ1) is 15.9. The minimum Gasteiger partial charge on any atom is -0.326 e. The van der Waals surface area contributed by atoms with Gasteiger partial charge in [0.25, 0.3) is 0 Å². The highest BCUT2D eigenvalue weighted by molar-refractivity contribution is 8.00. The Kier molecular flexibility index (Phi) is 9.08. The van der Waals surface area contributed by atoms with E-state index >= 15 is 0 Å². The number of hydrogen-bond donors (Lipinski definition) is 2. The van der Waals surface area contributed by atoms with Crippen molar-refractivity contribution < 1.29 is 9.59 Å². The normalized spacial score (nSPS) is 13.0. The first kappa shape index (κ1) is 25.0. The topological polar surface area (TPSA) is 96.3 Å². The molecule has 178 valence electrons. The highest BCUT2D eigenvalue weighted by Crippen LogP contribution is 2.28. The summed E-state index contributed by atoms with van der Waals surface area (Å²) < 4.78 is 1.84. The van der Waals surface area contributed by atoms with Crippen LogP contribution in [0.4, 0.5) is 11.4 Å². The van der Waals surface area contributed by atoms with Crippen LogP contribution in [0.25, 0.3) is 0 Å². The fraction of sp³-hybridized carbons (Fsp3) is 0.500. The summed E-state index contributed by atoms with van der Waals surface area (Å²) in [5.74, 6) is -0.131. The second-order valence-corrected chi connectivity index (χ2v) is 9.07. The van der Waals surface area contributed by atoms with E-state index in [0.29, 0.717) is 22.9 Å². The van der Waals surface area contributed by atoms with Crippen LogP contribution in [0.3, 0.4) is 0 Å². The Morgan fingerprint density at radius 3 is 2.33 bits per heavy atom. The number of nitrogens with zero attached hydrogens (tertiary/aromatic N) is 3. The van der Waals surface area contributed by atoms with Crippen LogP contribution in [0.5, 0.6) is 0 Å². The quantitative estimate of drug-likeness (QED) is 0.408. The third-order valence-corrected chi connectivity index (χ3v) is 6.83. The van der Waals surface area contributed by atoms with Gasteiger partial charge in [-0.15, -0.1) is 0 Å². The van der Waals surface area contributed by atoms with E-state index in [4.69, 9.17) is 0 Å². The molecule has 2 amide bonds. The van der Waals surface area contributed by atoms with E-state index in [2.05, 4.69) is 34.4 Å². The summed E-state index contributed by atoms with van der Waals surface area (Å²) in [7, 11) is 0. The van der Waals surface area contributed by atoms with E-state index < -0.39 is 0 Å². The van der Waals surface area contributed by atoms with Crippen LogP contribution < -0.4 is 16.3 Å². The van der Waals surface area contributed by atoms with Crippen LogP contribution in [0.2, 0.25) is 0 Å². The van der Waals surface area contributed by atoms with Crippen molar-refractivity contribution in [1.82, 2.24) is 14.5 Å². The van der Waals surface area contributed by atoms with Crippen LogP contribution in [0, 0.1) is 0 Å². The molecule has 0 fully saturated rings. The lowest BCUT2D eigenvalue weighted by molar-refractivity contribution is -0.114. The SMILES string of the molecule is CCN(CC)CCn1c2c(c(SCC(=O)Nc3ccc(NC(C)=O)cc3)nc1=O)CCCC2. The van der Waals surface area contributed by atoms with E-state index in [1.165, 1.54) is 18.7 Å². The number of amides is 2. The molecule has 1 aliphatic rings. The van der Waals surface area contributed by atoms with Gasteiger partial charge >= 0.3 is 5.69 Å². The highest BCUT2D eigenvalue weighted by atomic mass is 32.2. The number of aromatic nitrogens is 2. The number of likely N-dealkylation sites (N-methyl/N-ethyl adjacent to an activating group) is 1. The van der Waals surface area contributed by atoms with Crippen molar-refractivity contribution in [3.05, 3.63) is 46.0 Å². The fourth-order valence-electron chi connectivity index (χ4n) is 4.05. The van der Waals surface area contributed by atoms with E-state index in [-0.39, 0.29) is 23.3 Å². The number of rotatable bonds is 10. The molecule has 8 nitrogen and oxygen atoms in total. The molecule has 2 aromatic rings. The lowest BCUT2D eigenvalue weighted by Gasteiger charge is -2.24. The Morgan fingerprint density at radius 1 is 1.06 bits per heavy atom. The van der Waals surface area contributed by atoms with Gasteiger partial charge in [-0.25, -0.2) is 4.79 Å². The van der Waals surface area contributed by atoms with Crippen LogP contribution in [0.1, 0.15) is 44.9 Å². The summed E-state index contributed by atoms with van der Waals surface area (Å²) in [6, 6.07) is 6.95. The van der Waals surface area contributed by atoms with Crippen molar-refractivity contribution in [3.8, 4) is 0 Å². The van der Waals surface area contributed by atoms with E-state index in [1.807, 2.05) is 4.57 Å². The van der Waals surface area contributed by atoms with Gasteiger partial charge in [0.2, 0.25) is 11.8 Å². The third-order valence-electron chi connectivity index (χ3n) is 5.81. The van der Waals surface area contributed by atoms with Crippen LogP contribution >= 0.6 is 11.8 Å². The van der Waals surface area contributed by atoms with Gasteiger partial charge in [0.05, 0.1) is 5.75 Å². The first-order valence-electron chi connectivity index (χ1n) is 11.6. The average molecular weight is 472 g/mol. The summed E-state index contributed by atoms with van der Waals surface area (Å²) in [4.78, 5) is 43.1. The zero-order valence-corrected chi connectivity index (χ0v) is 20.5. The molecule has 0 aliphatic heterocycles. The minimum absolute atomic E-state index is 0.144. The Bertz CT molecular complexity index is 1030. The van der Waals surface area contributed by atoms with Crippen LogP contribution in [-0.4, -0.2) is 51.7 Å². The zero-order chi connectivity index (χ0) is 23.8. The largest absolute Gasteiger partial charge is 0.348 e. The molecule has 33 heavy (non-hydrogen) atoms. The number of fused-ring (bicyclic) bond motifs is 1. The van der Waals surface area contributed by atoms with Gasteiger partial charge in [-0.1, -0.05) is 25.6 Å². The van der Waals surface area contributed by atoms with Gasteiger partial charge in [-0.3, -0.25) is 14.2 Å². The monoisotopic (exact) mass is 471 g/mol. The number of carbonyl (C=O) groups excluding carboxylic acids is 2. The number of anilines is 2. The number of thioether (sulfide) groups is 1. The van der Waals surface area contributed by atoms with Gasteiger partial charge in [0.1, 0.15) is 5.03 Å². The molecule has 0 bridgehead atoms. The molecule has 2 N–H and O–H groups in total. The number of benzene rings is 1. The number of nitrogens with one attached hydrogen (secondary N) is 2. The summed E-state index contributed by atoms with van der Waals surface area (Å²) in [5.41, 5.74) is 3.31.